The molecule has 1 aliphatic rings. The summed E-state index contributed by atoms with van der Waals surface area (Å²) in [6, 6.07) is 0. The summed E-state index contributed by atoms with van der Waals surface area (Å²) in [5.74, 6) is 0. The van der Waals surface area contributed by atoms with E-state index in [4.69, 9.17) is 0 Å². The van der Waals surface area contributed by atoms with Gasteiger partial charge in [0, 0.05) is 45.5 Å². The molecular weight excluding hydrogens is 593 g/mol. The molecule has 1 rings (SSSR count). The summed E-state index contributed by atoms with van der Waals surface area (Å²) in [6.07, 6.45) is 9.25. The molecule has 3 nitrogen and oxygen atoms in total. The first kappa shape index (κ1) is 41.6. The van der Waals surface area contributed by atoms with Crippen LogP contribution in [0.25, 0.3) is 0 Å². The van der Waals surface area contributed by atoms with Crippen LogP contribution < -0.4 is 0 Å². The van der Waals surface area contributed by atoms with E-state index in [9.17, 15) is 0 Å². The van der Waals surface area contributed by atoms with Crippen LogP contribution >= 0.6 is 0 Å². The Bertz CT molecular complexity index is 535. The van der Waals surface area contributed by atoms with Gasteiger partial charge >= 0.3 is 0 Å². The van der Waals surface area contributed by atoms with Crippen molar-refractivity contribution in [1.82, 2.24) is 14.7 Å². The second-order valence-corrected chi connectivity index (χ2v) is 8.95. The Balaban J connectivity index is -0.000000183. The van der Waals surface area contributed by atoms with Gasteiger partial charge in [0.15, 0.2) is 0 Å². The van der Waals surface area contributed by atoms with Crippen molar-refractivity contribution in [3.63, 3.8) is 0 Å². The van der Waals surface area contributed by atoms with Crippen LogP contribution in [0.4, 0.5) is 0 Å². The average molecular weight is 653 g/mol. The summed E-state index contributed by atoms with van der Waals surface area (Å²) >= 11 is 0. The zero-order valence-corrected chi connectivity index (χ0v) is 29.2. The van der Waals surface area contributed by atoms with Crippen molar-refractivity contribution in [1.29, 1.82) is 0 Å². The Morgan fingerprint density at radius 3 is 0.943 bits per heavy atom. The van der Waals surface area contributed by atoms with E-state index in [0.717, 1.165) is 58.9 Å². The Labute approximate surface area is 240 Å². The minimum absolute atomic E-state index is 0. The quantitative estimate of drug-likeness (QED) is 0.122. The van der Waals surface area contributed by atoms with Crippen molar-refractivity contribution in [2.75, 3.05) is 58.9 Å². The van der Waals surface area contributed by atoms with Gasteiger partial charge in [-0.25, -0.2) is 5.57 Å². The van der Waals surface area contributed by atoms with Gasteiger partial charge in [0.05, 0.1) is 0 Å². The van der Waals surface area contributed by atoms with E-state index in [1.165, 1.54) is 16.7 Å². The summed E-state index contributed by atoms with van der Waals surface area (Å²) in [5, 5.41) is 0. The molecular formula is C31H60HfN3-. The Morgan fingerprint density at radius 1 is 0.629 bits per heavy atom. The number of hydrogen-bond donors (Lipinski definition) is 0. The first-order valence-corrected chi connectivity index (χ1v) is 13.3. The van der Waals surface area contributed by atoms with E-state index in [1.807, 2.05) is 18.2 Å². The predicted molar refractivity (Wildman–Crippen MR) is 159 cm³/mol. The van der Waals surface area contributed by atoms with Crippen molar-refractivity contribution in [3.8, 4) is 0 Å². The monoisotopic (exact) mass is 654 g/mol. The largest absolute Gasteiger partial charge is 0.300 e. The van der Waals surface area contributed by atoms with Crippen LogP contribution in [0.1, 0.15) is 76.2 Å². The molecule has 204 valence electrons. The summed E-state index contributed by atoms with van der Waals surface area (Å²) in [5.41, 5.74) is 4.39. The molecule has 0 saturated heterocycles. The van der Waals surface area contributed by atoms with E-state index in [0.29, 0.717) is 0 Å². The van der Waals surface area contributed by atoms with E-state index in [1.54, 1.807) is 0 Å². The third kappa shape index (κ3) is 21.3. The minimum atomic E-state index is 0. The number of nitrogens with zero attached hydrogens (tertiary/aromatic N) is 3. The average Bonchev–Trinajstić information content (AvgIpc) is 3.01. The van der Waals surface area contributed by atoms with Crippen LogP contribution in [0.2, 0.25) is 0 Å². The first-order valence-electron chi connectivity index (χ1n) is 13.3. The Kier molecular flexibility index (Phi) is 31.5. The van der Waals surface area contributed by atoms with Gasteiger partial charge in [0.25, 0.3) is 0 Å². The second kappa shape index (κ2) is 26.5. The first-order chi connectivity index (χ1) is 16.0. The molecule has 0 aromatic rings. The predicted octanol–water partition coefficient (Wildman–Crippen LogP) is 7.65. The van der Waals surface area contributed by atoms with Gasteiger partial charge in [-0.3, -0.25) is 6.08 Å². The van der Waals surface area contributed by atoms with Crippen LogP contribution in [-0.4, -0.2) is 73.6 Å². The zero-order valence-electron chi connectivity index (χ0n) is 25.6. The van der Waals surface area contributed by atoms with Crippen molar-refractivity contribution in [3.05, 3.63) is 60.8 Å². The molecule has 0 heterocycles. The molecule has 0 bridgehead atoms. The summed E-state index contributed by atoms with van der Waals surface area (Å²) in [6.45, 7) is 44.7. The zero-order chi connectivity index (χ0) is 27.2. The molecule has 4 heteroatoms. The van der Waals surface area contributed by atoms with Crippen molar-refractivity contribution >= 4 is 0 Å². The fourth-order valence-corrected chi connectivity index (χ4v) is 3.40. The number of rotatable bonds is 12. The van der Waals surface area contributed by atoms with Gasteiger partial charge in [-0.05, 0) is 39.3 Å². The van der Waals surface area contributed by atoms with Crippen LogP contribution in [-0.2, 0) is 25.8 Å². The summed E-state index contributed by atoms with van der Waals surface area (Å²) in [4.78, 5) is 6.94. The molecule has 0 N–H and O–H groups in total. The molecule has 1 aliphatic carbocycles. The molecule has 0 amide bonds. The topological polar surface area (TPSA) is 9.72 Å². The Morgan fingerprint density at radius 2 is 0.886 bits per heavy atom. The smallest absolute Gasteiger partial charge is 0.0160 e. The maximum Gasteiger partial charge on any atom is 0.0160 e. The van der Waals surface area contributed by atoms with Gasteiger partial charge in [0.2, 0.25) is 0 Å². The molecule has 0 unspecified atom stereocenters. The number of allylic oxidation sites excluding steroid dienone is 4. The molecule has 0 radical (unpaired) electrons. The molecule has 0 fully saturated rings. The normalized spacial score (nSPS) is 13.5. The van der Waals surface area contributed by atoms with Crippen molar-refractivity contribution in [2.24, 2.45) is 5.41 Å². The third-order valence-electron chi connectivity index (χ3n) is 6.41. The molecule has 0 saturated carbocycles. The summed E-state index contributed by atoms with van der Waals surface area (Å²) < 4.78 is 0. The van der Waals surface area contributed by atoms with E-state index < -0.39 is 0 Å². The Hall–Kier alpha value is -0.550. The fourth-order valence-electron chi connectivity index (χ4n) is 3.40. The third-order valence-corrected chi connectivity index (χ3v) is 6.41. The van der Waals surface area contributed by atoms with Crippen molar-refractivity contribution in [2.45, 2.75) is 76.2 Å². The molecule has 0 aromatic carbocycles. The SMILES string of the molecule is C=CCN(CC)CC.C=CCN(CC)CC.C=CCN(CC)CC.CC1=[C-]C(C)(C)C(C)=C1C.[Hf]. The molecule has 0 aliphatic heterocycles. The van der Waals surface area contributed by atoms with E-state index in [2.05, 4.69) is 117 Å². The van der Waals surface area contributed by atoms with Gasteiger partial charge in [-0.15, -0.1) is 26.7 Å². The maximum absolute atomic E-state index is 3.65. The molecule has 0 atom stereocenters. The second-order valence-electron chi connectivity index (χ2n) is 8.95. The van der Waals surface area contributed by atoms with Crippen LogP contribution in [0.3, 0.4) is 0 Å². The maximum atomic E-state index is 3.65. The minimum Gasteiger partial charge on any atom is -0.300 e. The fraction of sp³-hybridized carbons (Fsp3) is 0.677. The van der Waals surface area contributed by atoms with Crippen molar-refractivity contribution < 1.29 is 25.8 Å². The van der Waals surface area contributed by atoms with Gasteiger partial charge in [0.1, 0.15) is 0 Å². The van der Waals surface area contributed by atoms with Gasteiger partial charge < -0.3 is 14.7 Å². The van der Waals surface area contributed by atoms with Crippen LogP contribution in [0, 0.1) is 11.5 Å². The summed E-state index contributed by atoms with van der Waals surface area (Å²) in [7, 11) is 0. The number of hydrogen-bond acceptors (Lipinski definition) is 3. The number of likely N-dealkylation sites (N-methyl/N-ethyl adjacent to an activating group) is 3. The molecule has 0 spiro atoms. The van der Waals surface area contributed by atoms with Gasteiger partial charge in [-0.1, -0.05) is 92.9 Å². The van der Waals surface area contributed by atoms with E-state index in [-0.39, 0.29) is 31.3 Å². The van der Waals surface area contributed by atoms with Crippen LogP contribution in [0.15, 0.2) is 54.7 Å². The molecule has 35 heavy (non-hydrogen) atoms. The van der Waals surface area contributed by atoms with E-state index >= 15 is 0 Å². The standard InChI is InChI=1S/C10H15.3C7H15N.Hf/c1-7-6-10(4,5)9(3)8(7)2;3*1-4-7-8(5-2)6-3;/h1-5H3;3*4H,1,5-7H2,2-3H3;/q-1;;;;. The molecule has 0 aromatic heterocycles. The van der Waals surface area contributed by atoms with Crippen LogP contribution in [0.5, 0.6) is 0 Å². The van der Waals surface area contributed by atoms with Gasteiger partial charge in [-0.2, -0.15) is 11.1 Å².